The van der Waals surface area contributed by atoms with Crippen LogP contribution in [0.15, 0.2) is 35.9 Å². The Morgan fingerprint density at radius 1 is 1.30 bits per heavy atom. The van der Waals surface area contributed by atoms with Gasteiger partial charge >= 0.3 is 5.97 Å². The quantitative estimate of drug-likeness (QED) is 0.853. The lowest BCUT2D eigenvalue weighted by atomic mass is 9.77. The average Bonchev–Trinajstić information content (AvgIpc) is 3.18. The summed E-state index contributed by atoms with van der Waals surface area (Å²) in [5.41, 5.74) is 1.59. The minimum Gasteiger partial charge on any atom is -0.463 e. The number of ketones is 1. The third-order valence-corrected chi connectivity index (χ3v) is 5.04. The Balaban J connectivity index is 1.84. The summed E-state index contributed by atoms with van der Waals surface area (Å²) in [5.74, 6) is -1.34. The fourth-order valence-electron chi connectivity index (χ4n) is 4.20. The second-order valence-electron chi connectivity index (χ2n) is 6.23. The van der Waals surface area contributed by atoms with Crippen LogP contribution in [0.5, 0.6) is 0 Å². The highest BCUT2D eigenvalue weighted by Crippen LogP contribution is 2.54. The van der Waals surface area contributed by atoms with Gasteiger partial charge in [-0.3, -0.25) is 4.79 Å². The molecule has 0 saturated carbocycles. The van der Waals surface area contributed by atoms with Crippen molar-refractivity contribution in [2.75, 3.05) is 6.61 Å². The molecule has 2 fully saturated rings. The third-order valence-electron chi connectivity index (χ3n) is 5.04. The first-order valence-electron chi connectivity index (χ1n) is 7.98. The number of Topliss-reactive ketones (excluding diaryl/α,β-unsaturated/α-hetero) is 1. The predicted molar refractivity (Wildman–Crippen MR) is 81.3 cm³/mol. The molecule has 4 rings (SSSR count). The normalized spacial score (nSPS) is 34.9. The molecule has 23 heavy (non-hydrogen) atoms. The molecule has 5 nitrogen and oxygen atoms in total. The number of carbonyl (C=O) groups excluding carboxylic acids is 2. The Hall–Kier alpha value is -1.98. The van der Waals surface area contributed by atoms with Crippen LogP contribution in [0.25, 0.3) is 5.57 Å². The van der Waals surface area contributed by atoms with Crippen molar-refractivity contribution >= 4 is 17.3 Å². The van der Waals surface area contributed by atoms with E-state index in [-0.39, 0.29) is 24.4 Å². The molecular weight excluding hydrogens is 296 g/mol. The minimum atomic E-state index is -0.635. The molecule has 1 N–H and O–H groups in total. The van der Waals surface area contributed by atoms with Gasteiger partial charge in [0.15, 0.2) is 5.78 Å². The molecule has 0 radical (unpaired) electrons. The first-order chi connectivity index (χ1) is 11.1. The van der Waals surface area contributed by atoms with Crippen LogP contribution in [-0.4, -0.2) is 41.8 Å². The molecule has 0 amide bonds. The first-order valence-corrected chi connectivity index (χ1v) is 7.98. The number of rotatable bonds is 3. The summed E-state index contributed by atoms with van der Waals surface area (Å²) in [7, 11) is 0. The minimum absolute atomic E-state index is 0.115. The number of hydrogen-bond acceptors (Lipinski definition) is 5. The van der Waals surface area contributed by atoms with E-state index >= 15 is 0 Å². The van der Waals surface area contributed by atoms with Crippen LogP contribution in [0, 0.1) is 11.8 Å². The van der Waals surface area contributed by atoms with Gasteiger partial charge < -0.3 is 14.6 Å². The molecule has 1 aromatic rings. The Kier molecular flexibility index (Phi) is 3.36. The van der Waals surface area contributed by atoms with Gasteiger partial charge in [0.05, 0.1) is 36.4 Å². The topological polar surface area (TPSA) is 72.8 Å². The molecule has 2 heterocycles. The highest BCUT2D eigenvalue weighted by molar-refractivity contribution is 6.30. The van der Waals surface area contributed by atoms with Crippen LogP contribution in [-0.2, 0) is 19.1 Å². The summed E-state index contributed by atoms with van der Waals surface area (Å²) in [6.45, 7) is 2.00. The summed E-state index contributed by atoms with van der Waals surface area (Å²) in [4.78, 5) is 25.5. The summed E-state index contributed by atoms with van der Waals surface area (Å²) >= 11 is 0. The highest BCUT2D eigenvalue weighted by atomic mass is 16.5. The van der Waals surface area contributed by atoms with Gasteiger partial charge in [0, 0.05) is 17.9 Å². The standard InChI is InChI=1S/C18H18O5/c1-2-22-18(21)14-12(9-6-4-3-5-7-9)16(20)15-13(14)11-8-10(19)17(15)23-11/h3-7,10-11,13,15,17,19H,2,8H2,1H3/t10-,11-,13+,15+,17+/m0/s1. The van der Waals surface area contributed by atoms with Crippen molar-refractivity contribution in [2.45, 2.75) is 31.7 Å². The zero-order valence-corrected chi connectivity index (χ0v) is 12.8. The summed E-state index contributed by atoms with van der Waals surface area (Å²) in [6, 6.07) is 9.20. The smallest absolute Gasteiger partial charge is 0.335 e. The molecule has 2 bridgehead atoms. The van der Waals surface area contributed by atoms with E-state index in [2.05, 4.69) is 0 Å². The van der Waals surface area contributed by atoms with Crippen molar-refractivity contribution in [2.24, 2.45) is 11.8 Å². The van der Waals surface area contributed by atoms with Crippen LogP contribution in [0.2, 0.25) is 0 Å². The largest absolute Gasteiger partial charge is 0.463 e. The molecule has 1 aromatic carbocycles. The fraction of sp³-hybridized carbons (Fsp3) is 0.444. The van der Waals surface area contributed by atoms with E-state index < -0.39 is 24.1 Å². The second kappa shape index (κ2) is 5.28. The zero-order chi connectivity index (χ0) is 16.1. The van der Waals surface area contributed by atoms with Gasteiger partial charge in [-0.15, -0.1) is 0 Å². The van der Waals surface area contributed by atoms with Crippen molar-refractivity contribution in [1.82, 2.24) is 0 Å². The molecule has 2 saturated heterocycles. The number of allylic oxidation sites excluding steroid dienone is 1. The lowest BCUT2D eigenvalue weighted by Crippen LogP contribution is -2.38. The SMILES string of the molecule is CCOC(=O)C1=C(c2ccccc2)C(=O)[C@@H]2[C@@H]3O[C@@H](C[C@@H]3O)[C@H]12. The molecule has 0 aromatic heterocycles. The van der Waals surface area contributed by atoms with E-state index in [1.54, 1.807) is 6.92 Å². The first kappa shape index (κ1) is 14.6. The van der Waals surface area contributed by atoms with E-state index in [9.17, 15) is 14.7 Å². The molecule has 5 atom stereocenters. The van der Waals surface area contributed by atoms with E-state index in [0.717, 1.165) is 5.56 Å². The van der Waals surface area contributed by atoms with Crippen LogP contribution in [0.4, 0.5) is 0 Å². The van der Waals surface area contributed by atoms with E-state index in [4.69, 9.17) is 9.47 Å². The fourth-order valence-corrected chi connectivity index (χ4v) is 4.20. The molecule has 3 aliphatic rings. The maximum atomic E-state index is 13.0. The molecular formula is C18H18O5. The van der Waals surface area contributed by atoms with E-state index in [1.807, 2.05) is 30.3 Å². The van der Waals surface area contributed by atoms with Gasteiger partial charge in [0.25, 0.3) is 0 Å². The third kappa shape index (κ3) is 2.00. The zero-order valence-electron chi connectivity index (χ0n) is 12.8. The lowest BCUT2D eigenvalue weighted by Gasteiger charge is -2.24. The Labute approximate surface area is 133 Å². The van der Waals surface area contributed by atoms with Gasteiger partial charge in [-0.1, -0.05) is 30.3 Å². The Morgan fingerprint density at radius 3 is 2.74 bits per heavy atom. The number of carbonyl (C=O) groups is 2. The second-order valence-corrected chi connectivity index (χ2v) is 6.23. The molecule has 5 heteroatoms. The van der Waals surface area contributed by atoms with Gasteiger partial charge in [-0.05, 0) is 12.5 Å². The van der Waals surface area contributed by atoms with E-state index in [1.165, 1.54) is 0 Å². The summed E-state index contributed by atoms with van der Waals surface area (Å²) in [5, 5.41) is 10.1. The van der Waals surface area contributed by atoms with Crippen LogP contribution < -0.4 is 0 Å². The van der Waals surface area contributed by atoms with Crippen molar-refractivity contribution in [1.29, 1.82) is 0 Å². The molecule has 2 aliphatic heterocycles. The van der Waals surface area contributed by atoms with Crippen molar-refractivity contribution < 1.29 is 24.2 Å². The predicted octanol–water partition coefficient (Wildman–Crippen LogP) is 1.35. The Bertz CT molecular complexity index is 693. The van der Waals surface area contributed by atoms with Crippen LogP contribution >= 0.6 is 0 Å². The summed E-state index contributed by atoms with van der Waals surface area (Å²) in [6.07, 6.45) is -0.971. The Morgan fingerprint density at radius 2 is 2.04 bits per heavy atom. The number of aliphatic hydroxyl groups excluding tert-OH is 1. The highest BCUT2D eigenvalue weighted by Gasteiger charge is 2.63. The molecule has 0 unspecified atom stereocenters. The van der Waals surface area contributed by atoms with E-state index in [0.29, 0.717) is 17.6 Å². The van der Waals surface area contributed by atoms with Crippen molar-refractivity contribution in [3.8, 4) is 0 Å². The van der Waals surface area contributed by atoms with Crippen molar-refractivity contribution in [3.05, 3.63) is 41.5 Å². The molecule has 1 aliphatic carbocycles. The number of hydrogen-bond donors (Lipinski definition) is 1. The van der Waals surface area contributed by atoms with Gasteiger partial charge in [0.2, 0.25) is 0 Å². The summed E-state index contributed by atoms with van der Waals surface area (Å²) < 4.78 is 11.0. The monoisotopic (exact) mass is 314 g/mol. The van der Waals surface area contributed by atoms with Gasteiger partial charge in [-0.25, -0.2) is 4.79 Å². The molecule has 0 spiro atoms. The van der Waals surface area contributed by atoms with Crippen molar-refractivity contribution in [3.63, 3.8) is 0 Å². The number of ether oxygens (including phenoxy) is 2. The van der Waals surface area contributed by atoms with Crippen LogP contribution in [0.3, 0.4) is 0 Å². The molecule has 120 valence electrons. The number of esters is 1. The number of fused-ring (bicyclic) bond motifs is 5. The van der Waals surface area contributed by atoms with Crippen LogP contribution in [0.1, 0.15) is 18.9 Å². The average molecular weight is 314 g/mol. The maximum Gasteiger partial charge on any atom is 0.335 e. The van der Waals surface area contributed by atoms with Gasteiger partial charge in [-0.2, -0.15) is 0 Å². The maximum absolute atomic E-state index is 13.0. The number of aliphatic hydroxyl groups is 1. The lowest BCUT2D eigenvalue weighted by molar-refractivity contribution is -0.139. The van der Waals surface area contributed by atoms with Gasteiger partial charge in [0.1, 0.15) is 0 Å². The number of benzene rings is 1.